The normalized spacial score (nSPS) is 22.1. The van der Waals surface area contributed by atoms with Gasteiger partial charge in [-0.05, 0) is 87.3 Å². The molecule has 1 saturated carbocycles. The molecule has 1 heterocycles. The standard InChI is InChI=1S/C30H32ClNO5/c1-3-36-26-16-19(10-13-24(26)33)28-27(30(35)37-22-6-4-5-7-22)17(2)32-23-14-20(15-25(34)29(23)28)18-8-11-21(31)12-9-18/h8-13,16,20,22,28,32-33H,3-7,14-15H2,1-2H3/t20-,28+/m1/s1. The second kappa shape index (κ2) is 10.6. The molecular weight excluding hydrogens is 490 g/mol. The third-order valence-corrected chi connectivity index (χ3v) is 7.83. The van der Waals surface area contributed by atoms with Gasteiger partial charge in [0.05, 0.1) is 12.2 Å². The summed E-state index contributed by atoms with van der Waals surface area (Å²) in [4.78, 5) is 27.4. The van der Waals surface area contributed by atoms with Crippen molar-refractivity contribution >= 4 is 23.4 Å². The second-order valence-corrected chi connectivity index (χ2v) is 10.5. The molecular formula is C30H32ClNO5. The average molecular weight is 522 g/mol. The highest BCUT2D eigenvalue weighted by Crippen LogP contribution is 2.47. The lowest BCUT2D eigenvalue weighted by Crippen LogP contribution is -2.36. The number of carbonyl (C=O) groups excluding carboxylic acids is 2. The smallest absolute Gasteiger partial charge is 0.337 e. The summed E-state index contributed by atoms with van der Waals surface area (Å²) < 4.78 is 11.6. The Morgan fingerprint density at radius 3 is 2.49 bits per heavy atom. The maximum atomic E-state index is 13.8. The molecule has 0 aromatic heterocycles. The van der Waals surface area contributed by atoms with Crippen LogP contribution in [0.5, 0.6) is 11.5 Å². The molecule has 5 rings (SSSR count). The molecule has 1 aliphatic heterocycles. The number of esters is 1. The van der Waals surface area contributed by atoms with Crippen molar-refractivity contribution < 1.29 is 24.2 Å². The Labute approximate surface area is 222 Å². The number of hydrogen-bond acceptors (Lipinski definition) is 6. The van der Waals surface area contributed by atoms with Crippen LogP contribution in [0.1, 0.15) is 75.3 Å². The van der Waals surface area contributed by atoms with Gasteiger partial charge in [0.1, 0.15) is 6.10 Å². The van der Waals surface area contributed by atoms with Gasteiger partial charge < -0.3 is 19.9 Å². The molecule has 3 aliphatic rings. The number of carbonyl (C=O) groups is 2. The first-order valence-electron chi connectivity index (χ1n) is 13.0. The van der Waals surface area contributed by atoms with Crippen LogP contribution in [-0.4, -0.2) is 29.6 Å². The molecule has 2 aromatic carbocycles. The molecule has 6 nitrogen and oxygen atoms in total. The molecule has 2 aromatic rings. The number of benzene rings is 2. The summed E-state index contributed by atoms with van der Waals surface area (Å²) >= 11 is 6.08. The summed E-state index contributed by atoms with van der Waals surface area (Å²) in [5.74, 6) is -0.666. The van der Waals surface area contributed by atoms with Crippen LogP contribution in [0.15, 0.2) is 65.0 Å². The number of rotatable bonds is 6. The first kappa shape index (κ1) is 25.4. The molecule has 0 amide bonds. The minimum absolute atomic E-state index is 0.00950. The van der Waals surface area contributed by atoms with Crippen molar-refractivity contribution in [2.45, 2.75) is 70.3 Å². The van der Waals surface area contributed by atoms with E-state index in [4.69, 9.17) is 21.1 Å². The number of phenols is 1. The van der Waals surface area contributed by atoms with Crippen molar-refractivity contribution in [2.75, 3.05) is 6.61 Å². The molecule has 2 atom stereocenters. The van der Waals surface area contributed by atoms with E-state index < -0.39 is 11.9 Å². The third kappa shape index (κ3) is 5.12. The molecule has 0 unspecified atom stereocenters. The molecule has 194 valence electrons. The zero-order valence-electron chi connectivity index (χ0n) is 21.2. The number of nitrogens with one attached hydrogen (secondary N) is 1. The number of phenolic OH excluding ortho intramolecular Hbond substituents is 1. The van der Waals surface area contributed by atoms with E-state index in [9.17, 15) is 14.7 Å². The van der Waals surface area contributed by atoms with E-state index in [2.05, 4.69) is 5.32 Å². The van der Waals surface area contributed by atoms with Gasteiger partial charge in [0.15, 0.2) is 17.3 Å². The summed E-state index contributed by atoms with van der Waals surface area (Å²) in [6.07, 6.45) is 4.69. The minimum atomic E-state index is -0.608. The number of allylic oxidation sites excluding steroid dienone is 3. The number of Topliss-reactive ketones (excluding diaryl/α,β-unsaturated/α-hetero) is 1. The average Bonchev–Trinajstić information content (AvgIpc) is 3.38. The molecule has 1 fully saturated rings. The van der Waals surface area contributed by atoms with Crippen molar-refractivity contribution in [3.8, 4) is 11.5 Å². The molecule has 0 spiro atoms. The van der Waals surface area contributed by atoms with Crippen LogP contribution in [0.25, 0.3) is 0 Å². The third-order valence-electron chi connectivity index (χ3n) is 7.58. The van der Waals surface area contributed by atoms with Gasteiger partial charge in [-0.25, -0.2) is 4.79 Å². The van der Waals surface area contributed by atoms with E-state index >= 15 is 0 Å². The number of aromatic hydroxyl groups is 1. The molecule has 0 radical (unpaired) electrons. The predicted molar refractivity (Wildman–Crippen MR) is 142 cm³/mol. The molecule has 2 N–H and O–H groups in total. The Morgan fingerprint density at radius 2 is 1.78 bits per heavy atom. The highest BCUT2D eigenvalue weighted by atomic mass is 35.5. The lowest BCUT2D eigenvalue weighted by Gasteiger charge is -2.37. The fraction of sp³-hybridized carbons (Fsp3) is 0.400. The van der Waals surface area contributed by atoms with Crippen molar-refractivity contribution in [2.24, 2.45) is 0 Å². The van der Waals surface area contributed by atoms with Crippen molar-refractivity contribution in [3.63, 3.8) is 0 Å². The number of dihydropyridines is 1. The molecule has 0 saturated heterocycles. The Hall–Kier alpha value is -3.25. The van der Waals surface area contributed by atoms with E-state index in [0.29, 0.717) is 52.6 Å². The van der Waals surface area contributed by atoms with Gasteiger partial charge >= 0.3 is 5.97 Å². The molecule has 2 aliphatic carbocycles. The predicted octanol–water partition coefficient (Wildman–Crippen LogP) is 6.29. The zero-order valence-corrected chi connectivity index (χ0v) is 21.9. The van der Waals surface area contributed by atoms with Gasteiger partial charge in [0.25, 0.3) is 0 Å². The van der Waals surface area contributed by atoms with E-state index in [1.165, 1.54) is 0 Å². The van der Waals surface area contributed by atoms with Crippen LogP contribution in [0, 0.1) is 0 Å². The molecule has 7 heteroatoms. The van der Waals surface area contributed by atoms with Crippen LogP contribution in [0.4, 0.5) is 0 Å². The Kier molecular flexibility index (Phi) is 7.29. The van der Waals surface area contributed by atoms with Gasteiger partial charge in [0, 0.05) is 34.3 Å². The van der Waals surface area contributed by atoms with E-state index in [1.807, 2.05) is 38.1 Å². The summed E-state index contributed by atoms with van der Waals surface area (Å²) in [5.41, 5.74) is 4.30. The summed E-state index contributed by atoms with van der Waals surface area (Å²) in [6.45, 7) is 4.08. The fourth-order valence-corrected chi connectivity index (χ4v) is 5.94. The fourth-order valence-electron chi connectivity index (χ4n) is 5.82. The zero-order chi connectivity index (χ0) is 26.1. The Morgan fingerprint density at radius 1 is 1.08 bits per heavy atom. The Bertz CT molecular complexity index is 1270. The van der Waals surface area contributed by atoms with Crippen LogP contribution >= 0.6 is 11.6 Å². The van der Waals surface area contributed by atoms with E-state index in [1.54, 1.807) is 18.2 Å². The van der Waals surface area contributed by atoms with E-state index in [0.717, 1.165) is 36.9 Å². The SMILES string of the molecule is CCOc1cc([C@H]2C(C(=O)OC3CCCC3)=C(C)NC3=C2C(=O)C[C@H](c2ccc(Cl)cc2)C3)ccc1O. The van der Waals surface area contributed by atoms with Crippen molar-refractivity contribution in [3.05, 3.63) is 81.2 Å². The van der Waals surface area contributed by atoms with Crippen molar-refractivity contribution in [1.82, 2.24) is 5.32 Å². The summed E-state index contributed by atoms with van der Waals surface area (Å²) in [7, 11) is 0. The maximum absolute atomic E-state index is 13.8. The summed E-state index contributed by atoms with van der Waals surface area (Å²) in [5, 5.41) is 14.4. The first-order chi connectivity index (χ1) is 17.9. The number of halogens is 1. The number of ketones is 1. The topological polar surface area (TPSA) is 84.9 Å². The number of hydrogen-bond donors (Lipinski definition) is 2. The van der Waals surface area contributed by atoms with Crippen LogP contribution in [0.2, 0.25) is 5.02 Å². The monoisotopic (exact) mass is 521 g/mol. The maximum Gasteiger partial charge on any atom is 0.337 e. The van der Waals surface area contributed by atoms with Crippen molar-refractivity contribution in [1.29, 1.82) is 0 Å². The van der Waals surface area contributed by atoms with Gasteiger partial charge in [-0.2, -0.15) is 0 Å². The van der Waals surface area contributed by atoms with Crippen LogP contribution in [-0.2, 0) is 14.3 Å². The van der Waals surface area contributed by atoms with Crippen LogP contribution in [0.3, 0.4) is 0 Å². The molecule has 37 heavy (non-hydrogen) atoms. The minimum Gasteiger partial charge on any atom is -0.504 e. The quantitative estimate of drug-likeness (QED) is 0.434. The highest BCUT2D eigenvalue weighted by Gasteiger charge is 2.42. The van der Waals surface area contributed by atoms with Gasteiger partial charge in [-0.15, -0.1) is 0 Å². The number of ether oxygens (including phenoxy) is 2. The van der Waals surface area contributed by atoms with Gasteiger partial charge in [-0.3, -0.25) is 4.79 Å². The second-order valence-electron chi connectivity index (χ2n) is 10.0. The summed E-state index contributed by atoms with van der Waals surface area (Å²) in [6, 6.07) is 12.7. The lowest BCUT2D eigenvalue weighted by atomic mass is 9.71. The highest BCUT2D eigenvalue weighted by molar-refractivity contribution is 6.30. The van der Waals surface area contributed by atoms with E-state index in [-0.39, 0.29) is 23.6 Å². The largest absolute Gasteiger partial charge is 0.504 e. The van der Waals surface area contributed by atoms with Gasteiger partial charge in [-0.1, -0.05) is 29.8 Å². The van der Waals surface area contributed by atoms with Crippen LogP contribution < -0.4 is 10.1 Å². The lowest BCUT2D eigenvalue weighted by molar-refractivity contribution is -0.144. The van der Waals surface area contributed by atoms with Gasteiger partial charge in [0.2, 0.25) is 0 Å². The molecule has 0 bridgehead atoms. The first-order valence-corrected chi connectivity index (χ1v) is 13.4. The Balaban J connectivity index is 1.56.